The van der Waals surface area contributed by atoms with E-state index in [2.05, 4.69) is 14.9 Å². The number of anilines is 1. The molecule has 0 amide bonds. The fraction of sp³-hybridized carbons (Fsp3) is 0.605. The molecule has 1 N–H and O–H groups in total. The number of nitrogens with zero attached hydrogens (tertiary/aromatic N) is 4. The Bertz CT molecular complexity index is 1630. The van der Waals surface area contributed by atoms with Crippen molar-refractivity contribution in [1.29, 1.82) is 0 Å². The van der Waals surface area contributed by atoms with Crippen LogP contribution < -0.4 is 4.90 Å². The summed E-state index contributed by atoms with van der Waals surface area (Å²) in [5.41, 5.74) is 2.13. The normalized spacial score (nSPS) is 22.1. The zero-order valence-corrected chi connectivity index (χ0v) is 29.0. The molecule has 3 aliphatic rings. The third kappa shape index (κ3) is 7.96. The molecule has 0 bridgehead atoms. The lowest BCUT2D eigenvalue weighted by Crippen LogP contribution is -2.36. The Hall–Kier alpha value is -3.25. The lowest BCUT2D eigenvalue weighted by Gasteiger charge is -2.41. The molecule has 12 heteroatoms. The van der Waals surface area contributed by atoms with E-state index in [0.29, 0.717) is 73.8 Å². The van der Waals surface area contributed by atoms with Gasteiger partial charge >= 0.3 is 6.18 Å². The molecule has 272 valence electrons. The van der Waals surface area contributed by atoms with Crippen LogP contribution in [0.2, 0.25) is 0 Å². The summed E-state index contributed by atoms with van der Waals surface area (Å²) in [6.07, 6.45) is -2.28. The highest BCUT2D eigenvalue weighted by Gasteiger charge is 2.44. The summed E-state index contributed by atoms with van der Waals surface area (Å²) in [5, 5.41) is 11.6. The Morgan fingerprint density at radius 1 is 0.940 bits per heavy atom. The van der Waals surface area contributed by atoms with Crippen molar-refractivity contribution in [3.05, 3.63) is 81.4 Å². The van der Waals surface area contributed by atoms with Gasteiger partial charge in [0.1, 0.15) is 0 Å². The minimum Gasteiger partial charge on any atom is -0.388 e. The van der Waals surface area contributed by atoms with Gasteiger partial charge in [0, 0.05) is 66.6 Å². The minimum absolute atomic E-state index is 0.0291. The fourth-order valence-electron chi connectivity index (χ4n) is 7.92. The molecule has 1 aliphatic heterocycles. The molecule has 3 heterocycles. The fourth-order valence-corrected chi connectivity index (χ4v) is 7.92. The topological polar surface area (TPSA) is 71.4 Å². The summed E-state index contributed by atoms with van der Waals surface area (Å²) in [6.45, 7) is 9.50. The van der Waals surface area contributed by atoms with E-state index in [9.17, 15) is 27.1 Å². The van der Waals surface area contributed by atoms with Gasteiger partial charge in [0.15, 0.2) is 6.17 Å². The molecule has 6 rings (SSSR count). The van der Waals surface area contributed by atoms with Crippen LogP contribution in [-0.4, -0.2) is 45.2 Å². The molecule has 2 aliphatic carbocycles. The maximum absolute atomic E-state index is 17.2. The van der Waals surface area contributed by atoms with Gasteiger partial charge < -0.3 is 14.7 Å². The Kier molecular flexibility index (Phi) is 10.3. The molecule has 2 fully saturated rings. The number of hydrogen-bond donors (Lipinski definition) is 1. The number of alkyl halides is 6. The first-order chi connectivity index (χ1) is 23.5. The molecule has 0 radical (unpaired) electrons. The van der Waals surface area contributed by atoms with Crippen molar-refractivity contribution < 1.29 is 36.2 Å². The van der Waals surface area contributed by atoms with Crippen LogP contribution in [0.25, 0.3) is 0 Å². The molecular formula is C38H46F6N4O2. The number of piperidine rings is 1. The van der Waals surface area contributed by atoms with Gasteiger partial charge in [0.25, 0.3) is 0 Å². The van der Waals surface area contributed by atoms with Crippen LogP contribution in [0.4, 0.5) is 32.3 Å². The smallest absolute Gasteiger partial charge is 0.388 e. The summed E-state index contributed by atoms with van der Waals surface area (Å²) in [7, 11) is 0. The van der Waals surface area contributed by atoms with Gasteiger partial charge in [-0.25, -0.2) is 23.1 Å². The third-order valence-corrected chi connectivity index (χ3v) is 10.5. The molecule has 0 unspecified atom stereocenters. The van der Waals surface area contributed by atoms with Gasteiger partial charge in [-0.2, -0.15) is 13.2 Å². The number of hydrogen-bond acceptors (Lipinski definition) is 6. The zero-order chi connectivity index (χ0) is 36.0. The van der Waals surface area contributed by atoms with E-state index in [1.165, 1.54) is 0 Å². The number of rotatable bonds is 8. The van der Waals surface area contributed by atoms with Crippen LogP contribution in [-0.2, 0) is 23.9 Å². The predicted octanol–water partition coefficient (Wildman–Crippen LogP) is 9.56. The van der Waals surface area contributed by atoms with E-state index in [-0.39, 0.29) is 54.2 Å². The van der Waals surface area contributed by atoms with Crippen LogP contribution in [0.15, 0.2) is 36.7 Å². The van der Waals surface area contributed by atoms with E-state index in [4.69, 9.17) is 9.72 Å². The van der Waals surface area contributed by atoms with E-state index in [1.54, 1.807) is 12.4 Å². The van der Waals surface area contributed by atoms with Gasteiger partial charge in [0.2, 0.25) is 11.9 Å². The molecule has 1 saturated heterocycles. The van der Waals surface area contributed by atoms with Crippen molar-refractivity contribution in [2.24, 2.45) is 5.41 Å². The molecule has 3 aromatic rings. The van der Waals surface area contributed by atoms with Crippen LogP contribution in [0, 0.1) is 5.41 Å². The summed E-state index contributed by atoms with van der Waals surface area (Å²) in [5.74, 6) is -2.93. The highest BCUT2D eigenvalue weighted by Crippen LogP contribution is 2.52. The molecule has 6 nitrogen and oxygen atoms in total. The molecular weight excluding hydrogens is 658 g/mol. The first kappa shape index (κ1) is 36.5. The Balaban J connectivity index is 1.40. The second kappa shape index (κ2) is 14.1. The summed E-state index contributed by atoms with van der Waals surface area (Å²) in [6, 6.07) is 4.02. The average molecular weight is 705 g/mol. The second-order valence-electron chi connectivity index (χ2n) is 15.4. The largest absolute Gasteiger partial charge is 0.416 e. The SMILES string of the molecule is CC(C)OCc1cnc(N2CCC(c3nc4c(c(C5CCC(F)(F)CC5)c3[C@@H](F)c3ccc(C(F)(F)F)cc3)[C@@H](O)CC(C)(C)C4)CC2)nc1. The van der Waals surface area contributed by atoms with Crippen molar-refractivity contribution in [3.63, 3.8) is 0 Å². The molecule has 50 heavy (non-hydrogen) atoms. The Morgan fingerprint density at radius 3 is 2.14 bits per heavy atom. The number of aliphatic hydroxyl groups excluding tert-OH is 1. The van der Waals surface area contributed by atoms with Gasteiger partial charge in [-0.1, -0.05) is 26.0 Å². The van der Waals surface area contributed by atoms with Crippen LogP contribution >= 0.6 is 0 Å². The summed E-state index contributed by atoms with van der Waals surface area (Å²) >= 11 is 0. The summed E-state index contributed by atoms with van der Waals surface area (Å²) < 4.78 is 92.1. The zero-order valence-electron chi connectivity index (χ0n) is 29.0. The standard InChI is InChI=1S/C38H46F6N4O2/c1-22(2)50-21-23-19-45-35(46-20-23)48-15-11-26(12-16-48)34-32(33(39)25-5-7-27(8-6-25)38(42,43)44)30(24-9-13-37(40,41)14-10-24)31-28(47-34)17-36(3,4)18-29(31)49/h5-8,19-20,22,24,26,29,33,49H,9-18,21H2,1-4H3/t29-,33-/m0/s1. The Morgan fingerprint density at radius 2 is 1.56 bits per heavy atom. The van der Waals surface area contributed by atoms with Gasteiger partial charge in [-0.15, -0.1) is 0 Å². The number of aromatic nitrogens is 3. The molecule has 2 aromatic heterocycles. The van der Waals surface area contributed by atoms with Gasteiger partial charge in [-0.05, 0) is 87.0 Å². The van der Waals surface area contributed by atoms with E-state index < -0.39 is 35.9 Å². The number of pyridine rings is 1. The first-order valence-corrected chi connectivity index (χ1v) is 17.6. The Labute approximate surface area is 289 Å². The summed E-state index contributed by atoms with van der Waals surface area (Å²) in [4.78, 5) is 16.3. The first-order valence-electron chi connectivity index (χ1n) is 17.6. The number of benzene rings is 1. The number of ether oxygens (including phenoxy) is 1. The predicted molar refractivity (Wildman–Crippen MR) is 178 cm³/mol. The van der Waals surface area contributed by atoms with E-state index in [1.807, 2.05) is 27.7 Å². The molecule has 2 atom stereocenters. The quantitative estimate of drug-likeness (QED) is 0.236. The highest BCUT2D eigenvalue weighted by atomic mass is 19.4. The lowest BCUT2D eigenvalue weighted by molar-refractivity contribution is -0.137. The third-order valence-electron chi connectivity index (χ3n) is 10.5. The van der Waals surface area contributed by atoms with Crippen molar-refractivity contribution in [2.45, 2.75) is 128 Å². The maximum Gasteiger partial charge on any atom is 0.416 e. The van der Waals surface area contributed by atoms with Crippen LogP contribution in [0.5, 0.6) is 0 Å². The number of halogens is 6. The monoisotopic (exact) mass is 704 g/mol. The average Bonchev–Trinajstić information content (AvgIpc) is 3.06. The number of aliphatic hydroxyl groups is 1. The van der Waals surface area contributed by atoms with Crippen molar-refractivity contribution in [1.82, 2.24) is 15.0 Å². The molecule has 1 saturated carbocycles. The van der Waals surface area contributed by atoms with E-state index in [0.717, 1.165) is 29.8 Å². The van der Waals surface area contributed by atoms with Crippen LogP contribution in [0.3, 0.4) is 0 Å². The van der Waals surface area contributed by atoms with Crippen molar-refractivity contribution in [3.8, 4) is 0 Å². The van der Waals surface area contributed by atoms with Crippen molar-refractivity contribution in [2.75, 3.05) is 18.0 Å². The number of fused-ring (bicyclic) bond motifs is 1. The van der Waals surface area contributed by atoms with Crippen molar-refractivity contribution >= 4 is 5.95 Å². The minimum atomic E-state index is -4.59. The van der Waals surface area contributed by atoms with Gasteiger partial charge in [-0.3, -0.25) is 4.98 Å². The van der Waals surface area contributed by atoms with Crippen LogP contribution in [0.1, 0.15) is 142 Å². The molecule has 1 aromatic carbocycles. The molecule has 0 spiro atoms. The van der Waals surface area contributed by atoms with Gasteiger partial charge in [0.05, 0.1) is 30.1 Å². The maximum atomic E-state index is 17.2. The second-order valence-corrected chi connectivity index (χ2v) is 15.4. The van der Waals surface area contributed by atoms with E-state index >= 15 is 4.39 Å². The highest BCUT2D eigenvalue weighted by molar-refractivity contribution is 5.51. The lowest BCUT2D eigenvalue weighted by atomic mass is 9.68.